The average molecular weight is 471 g/mol. The summed E-state index contributed by atoms with van der Waals surface area (Å²) >= 11 is 0. The van der Waals surface area contributed by atoms with Crippen molar-refractivity contribution in [1.29, 1.82) is 0 Å². The second-order valence-corrected chi connectivity index (χ2v) is 8.32. The molecule has 0 saturated carbocycles. The molecule has 1 aliphatic heterocycles. The third-order valence-electron chi connectivity index (χ3n) is 5.85. The van der Waals surface area contributed by atoms with Gasteiger partial charge in [0.15, 0.2) is 0 Å². The number of nitrogens with one attached hydrogen (secondary N) is 2. The van der Waals surface area contributed by atoms with Crippen LogP contribution in [-0.4, -0.2) is 24.4 Å². The summed E-state index contributed by atoms with van der Waals surface area (Å²) < 4.78 is 5.07. The quantitative estimate of drug-likeness (QED) is 0.308. The van der Waals surface area contributed by atoms with Gasteiger partial charge in [-0.05, 0) is 49.2 Å². The van der Waals surface area contributed by atoms with Crippen LogP contribution in [0.2, 0.25) is 0 Å². The molecule has 8 heteroatoms. The fourth-order valence-electron chi connectivity index (χ4n) is 3.83. The van der Waals surface area contributed by atoms with E-state index in [-0.39, 0.29) is 12.5 Å². The average Bonchev–Trinajstić information content (AvgIpc) is 3.18. The zero-order valence-corrected chi connectivity index (χ0v) is 19.4. The number of hydrogen-bond acceptors (Lipinski definition) is 6. The first-order chi connectivity index (χ1) is 16.7. The van der Waals surface area contributed by atoms with Crippen LogP contribution in [0.15, 0.2) is 72.8 Å². The van der Waals surface area contributed by atoms with Gasteiger partial charge in [-0.25, -0.2) is 4.79 Å². The normalized spacial score (nSPS) is 15.5. The number of carbonyl (C=O) groups is 3. The van der Waals surface area contributed by atoms with Crippen LogP contribution in [0.5, 0.6) is 0 Å². The number of primary amides is 1. The predicted octanol–water partition coefficient (Wildman–Crippen LogP) is 3.46. The molecule has 8 nitrogen and oxygen atoms in total. The molecule has 2 amide bonds. The smallest absolute Gasteiger partial charge is 0.338 e. The van der Waals surface area contributed by atoms with Crippen LogP contribution in [0.1, 0.15) is 40.9 Å². The third kappa shape index (κ3) is 4.64. The minimum absolute atomic E-state index is 0.261. The van der Waals surface area contributed by atoms with Gasteiger partial charge in [0.05, 0.1) is 29.1 Å². The van der Waals surface area contributed by atoms with Crippen molar-refractivity contribution in [1.82, 2.24) is 0 Å². The van der Waals surface area contributed by atoms with Crippen molar-refractivity contribution in [2.75, 3.05) is 17.2 Å². The van der Waals surface area contributed by atoms with Gasteiger partial charge in [-0.15, -0.1) is 0 Å². The number of carbonyl (C=O) groups excluding carboxylic acids is 3. The summed E-state index contributed by atoms with van der Waals surface area (Å²) in [7, 11) is 0. The van der Waals surface area contributed by atoms with Crippen LogP contribution in [0.4, 0.5) is 11.4 Å². The molecule has 0 radical (unpaired) electrons. The molecule has 0 fully saturated rings. The predicted molar refractivity (Wildman–Crippen MR) is 135 cm³/mol. The zero-order chi connectivity index (χ0) is 25.2. The molecule has 6 N–H and O–H groups in total. The molecule has 1 aliphatic rings. The Labute approximate surface area is 203 Å². The first-order valence-electron chi connectivity index (χ1n) is 11.1. The minimum Gasteiger partial charge on any atom is -0.462 e. The lowest BCUT2D eigenvalue weighted by atomic mass is 9.92. The van der Waals surface area contributed by atoms with E-state index in [1.165, 1.54) is 0 Å². The first-order valence-corrected chi connectivity index (χ1v) is 11.1. The van der Waals surface area contributed by atoms with Gasteiger partial charge < -0.3 is 26.8 Å². The van der Waals surface area contributed by atoms with Crippen molar-refractivity contribution in [3.8, 4) is 0 Å². The van der Waals surface area contributed by atoms with E-state index in [0.717, 1.165) is 5.56 Å². The van der Waals surface area contributed by atoms with Gasteiger partial charge in [-0.3, -0.25) is 9.59 Å². The maximum atomic E-state index is 13.1. The van der Waals surface area contributed by atoms with E-state index < -0.39 is 17.4 Å². The van der Waals surface area contributed by atoms with Crippen molar-refractivity contribution in [2.24, 2.45) is 11.5 Å². The zero-order valence-electron chi connectivity index (χ0n) is 19.4. The topological polar surface area (TPSA) is 137 Å². The van der Waals surface area contributed by atoms with E-state index >= 15 is 0 Å². The molecule has 178 valence electrons. The molecule has 3 aromatic carbocycles. The molecule has 1 atom stereocenters. The molecule has 3 aromatic rings. The summed E-state index contributed by atoms with van der Waals surface area (Å²) in [6.45, 7) is 3.55. The molecule has 0 aliphatic carbocycles. The molecule has 1 heterocycles. The van der Waals surface area contributed by atoms with Crippen LogP contribution in [0.3, 0.4) is 0 Å². The highest BCUT2D eigenvalue weighted by Gasteiger charge is 2.30. The van der Waals surface area contributed by atoms with Gasteiger partial charge in [0.25, 0.3) is 5.91 Å². The van der Waals surface area contributed by atoms with E-state index in [0.29, 0.717) is 39.3 Å². The number of nitrogens with two attached hydrogens (primary N) is 2. The van der Waals surface area contributed by atoms with Gasteiger partial charge in [-0.1, -0.05) is 48.5 Å². The second-order valence-electron chi connectivity index (χ2n) is 8.32. The molecular formula is C27H26N4O4. The van der Waals surface area contributed by atoms with Gasteiger partial charge >= 0.3 is 5.97 Å². The fraction of sp³-hybridized carbons (Fsp3) is 0.148. The highest BCUT2D eigenvalue weighted by molar-refractivity contribution is 6.37. The Morgan fingerprint density at radius 2 is 1.69 bits per heavy atom. The number of rotatable bonds is 7. The third-order valence-corrected chi connectivity index (χ3v) is 5.85. The Morgan fingerprint density at radius 1 is 1.00 bits per heavy atom. The SMILES string of the molecule is CCOC(=O)c1ccc2c(c1)NC(=O)/C2=C(\Nc1ccc(C(C)(N)C(N)=O)cc1)c1ccccc1. The number of anilines is 2. The van der Waals surface area contributed by atoms with Crippen molar-refractivity contribution in [2.45, 2.75) is 19.4 Å². The van der Waals surface area contributed by atoms with E-state index in [1.807, 2.05) is 30.3 Å². The highest BCUT2D eigenvalue weighted by Crippen LogP contribution is 2.38. The fourth-order valence-corrected chi connectivity index (χ4v) is 3.83. The molecule has 1 unspecified atom stereocenters. The number of esters is 1. The number of amides is 2. The maximum absolute atomic E-state index is 13.1. The molecule has 4 rings (SSSR count). The Morgan fingerprint density at radius 3 is 2.31 bits per heavy atom. The van der Waals surface area contributed by atoms with Crippen LogP contribution in [0.25, 0.3) is 11.3 Å². The van der Waals surface area contributed by atoms with Crippen LogP contribution < -0.4 is 22.1 Å². The van der Waals surface area contributed by atoms with Crippen molar-refractivity contribution < 1.29 is 19.1 Å². The van der Waals surface area contributed by atoms with Gasteiger partial charge in [0.2, 0.25) is 5.91 Å². The first kappa shape index (κ1) is 23.7. The largest absolute Gasteiger partial charge is 0.462 e. The highest BCUT2D eigenvalue weighted by atomic mass is 16.5. The second kappa shape index (κ2) is 9.44. The summed E-state index contributed by atoms with van der Waals surface area (Å²) in [6.07, 6.45) is 0. The Balaban J connectivity index is 1.78. The molecule has 0 bridgehead atoms. The number of hydrogen-bond donors (Lipinski definition) is 4. The van der Waals surface area contributed by atoms with E-state index in [9.17, 15) is 14.4 Å². The Kier molecular flexibility index (Phi) is 6.40. The molecule has 0 saturated heterocycles. The maximum Gasteiger partial charge on any atom is 0.338 e. The molecular weight excluding hydrogens is 444 g/mol. The summed E-state index contributed by atoms with van der Waals surface area (Å²) in [6, 6.07) is 21.4. The van der Waals surface area contributed by atoms with E-state index in [2.05, 4.69) is 10.6 Å². The summed E-state index contributed by atoms with van der Waals surface area (Å²) in [5.74, 6) is -1.38. The lowest BCUT2D eigenvalue weighted by Gasteiger charge is -2.21. The molecule has 0 aromatic heterocycles. The monoisotopic (exact) mass is 470 g/mol. The lowest BCUT2D eigenvalue weighted by Crippen LogP contribution is -2.46. The van der Waals surface area contributed by atoms with Gasteiger partial charge in [0, 0.05) is 11.3 Å². The summed E-state index contributed by atoms with van der Waals surface area (Å²) in [5.41, 5.74) is 14.8. The lowest BCUT2D eigenvalue weighted by molar-refractivity contribution is -0.122. The Hall–Kier alpha value is -4.43. The van der Waals surface area contributed by atoms with E-state index in [1.54, 1.807) is 56.3 Å². The Bertz CT molecular complexity index is 1330. The number of fused-ring (bicyclic) bond motifs is 1. The van der Waals surface area contributed by atoms with Crippen LogP contribution >= 0.6 is 0 Å². The van der Waals surface area contributed by atoms with Crippen molar-refractivity contribution >= 4 is 40.4 Å². The number of ether oxygens (including phenoxy) is 1. The van der Waals surface area contributed by atoms with Crippen molar-refractivity contribution in [3.05, 3.63) is 95.1 Å². The minimum atomic E-state index is -1.31. The van der Waals surface area contributed by atoms with Gasteiger partial charge in [-0.2, -0.15) is 0 Å². The van der Waals surface area contributed by atoms with E-state index in [4.69, 9.17) is 16.2 Å². The molecule has 0 spiro atoms. The van der Waals surface area contributed by atoms with Crippen LogP contribution in [0, 0.1) is 0 Å². The number of benzene rings is 3. The standard InChI is InChI=1S/C27H26N4O4/c1-3-35-25(33)17-9-14-20-21(15-17)31-24(32)22(20)23(16-7-5-4-6-8-16)30-19-12-10-18(11-13-19)27(2,29)26(28)34/h4-15,30H,3,29H2,1-2H3,(H2,28,34)(H,31,32)/b23-22-. The van der Waals surface area contributed by atoms with Gasteiger partial charge in [0.1, 0.15) is 5.54 Å². The van der Waals surface area contributed by atoms with Crippen LogP contribution in [-0.2, 0) is 19.9 Å². The van der Waals surface area contributed by atoms with Crippen molar-refractivity contribution in [3.63, 3.8) is 0 Å². The summed E-state index contributed by atoms with van der Waals surface area (Å²) in [5, 5.41) is 6.19. The molecule has 35 heavy (non-hydrogen) atoms. The summed E-state index contributed by atoms with van der Waals surface area (Å²) in [4.78, 5) is 37.0.